The fraction of sp³-hybridized carbons (Fsp3) is 0.0143. The van der Waals surface area contributed by atoms with Crippen molar-refractivity contribution >= 4 is 43.9 Å². The minimum atomic E-state index is -0.412. The number of para-hydroxylation sites is 1. The zero-order valence-electron chi connectivity index (χ0n) is 40.3. The van der Waals surface area contributed by atoms with Crippen molar-refractivity contribution < 1.29 is 8.83 Å². The Balaban J connectivity index is 0.859. The average molecular weight is 956 g/mol. The quantitative estimate of drug-likeness (QED) is 0.166. The first-order valence-corrected chi connectivity index (χ1v) is 25.5. The molecule has 11 aromatic carbocycles. The Morgan fingerprint density at radius 3 is 1.41 bits per heavy atom. The molecule has 5 nitrogen and oxygen atoms in total. The van der Waals surface area contributed by atoms with Gasteiger partial charge in [0.2, 0.25) is 0 Å². The smallest absolute Gasteiger partial charge is 0.164 e. The molecular weight excluding hydrogens is 915 g/mol. The number of nitrogens with zero attached hydrogens (tertiary/aromatic N) is 3. The molecule has 2 aliphatic rings. The molecule has 0 amide bonds. The van der Waals surface area contributed by atoms with Crippen LogP contribution in [0.2, 0.25) is 0 Å². The predicted octanol–water partition coefficient (Wildman–Crippen LogP) is 18.0. The van der Waals surface area contributed by atoms with Gasteiger partial charge < -0.3 is 8.83 Å². The second-order valence-corrected chi connectivity index (χ2v) is 19.7. The topological polar surface area (TPSA) is 65.0 Å². The molecule has 1 spiro atoms. The number of aromatic nitrogens is 3. The maximum absolute atomic E-state index is 6.68. The van der Waals surface area contributed by atoms with E-state index in [1.807, 2.05) is 48.5 Å². The Labute approximate surface area is 431 Å². The Morgan fingerprint density at radius 2 is 0.693 bits per heavy atom. The van der Waals surface area contributed by atoms with Crippen LogP contribution in [0.5, 0.6) is 0 Å². The zero-order valence-corrected chi connectivity index (χ0v) is 40.3. The van der Waals surface area contributed by atoms with Gasteiger partial charge in [0.1, 0.15) is 22.3 Å². The standard InChI is InChI=1S/C70H41N3O2/c1-2-17-42(18-3-1)43-19-13-22-47(40-43)67-71-68(53-28-15-35-62-65(53)52-26-7-11-34-60(52)74-62)73-69(72-67)54-29-16-36-63-66(54)55-41-45(37-38-61(55)75-63)44-20-12-21-46(39-44)48-27-14-33-59-64(48)51-25-6-10-32-58(51)70(59)56-30-8-4-23-49(56)50-24-5-9-31-57(50)70/h1-41H. The lowest BCUT2D eigenvalue weighted by molar-refractivity contribution is 0.668. The van der Waals surface area contributed by atoms with Gasteiger partial charge in [-0.15, -0.1) is 0 Å². The molecule has 0 atom stereocenters. The molecule has 2 aliphatic carbocycles. The second kappa shape index (κ2) is 16.0. The van der Waals surface area contributed by atoms with E-state index in [2.05, 4.69) is 200 Å². The van der Waals surface area contributed by atoms with Crippen LogP contribution in [0.15, 0.2) is 258 Å². The van der Waals surface area contributed by atoms with E-state index in [-0.39, 0.29) is 0 Å². The molecule has 3 heterocycles. The largest absolute Gasteiger partial charge is 0.456 e. The van der Waals surface area contributed by atoms with Gasteiger partial charge in [0.15, 0.2) is 17.5 Å². The summed E-state index contributed by atoms with van der Waals surface area (Å²) in [4.78, 5) is 16.0. The van der Waals surface area contributed by atoms with E-state index in [1.165, 1.54) is 50.1 Å². The van der Waals surface area contributed by atoms with Gasteiger partial charge in [-0.1, -0.05) is 206 Å². The number of furan rings is 2. The zero-order chi connectivity index (χ0) is 49.2. The molecule has 0 fully saturated rings. The summed E-state index contributed by atoms with van der Waals surface area (Å²) in [5.74, 6) is 1.68. The lowest BCUT2D eigenvalue weighted by atomic mass is 9.70. The summed E-state index contributed by atoms with van der Waals surface area (Å²) in [6, 6.07) is 88.7. The molecule has 0 saturated carbocycles. The third-order valence-electron chi connectivity index (χ3n) is 15.8. The lowest BCUT2D eigenvalue weighted by Crippen LogP contribution is -2.25. The molecule has 75 heavy (non-hydrogen) atoms. The van der Waals surface area contributed by atoms with E-state index in [9.17, 15) is 0 Å². The Hall–Kier alpha value is -9.97. The van der Waals surface area contributed by atoms with Gasteiger partial charge in [-0.3, -0.25) is 0 Å². The first-order valence-electron chi connectivity index (χ1n) is 25.5. The molecule has 5 heteroatoms. The highest BCUT2D eigenvalue weighted by Crippen LogP contribution is 2.64. The Kier molecular flexibility index (Phi) is 8.89. The minimum absolute atomic E-state index is 0.412. The summed E-state index contributed by atoms with van der Waals surface area (Å²) in [5, 5.41) is 3.90. The summed E-state index contributed by atoms with van der Waals surface area (Å²) in [7, 11) is 0. The number of benzene rings is 11. The molecule has 3 aromatic heterocycles. The van der Waals surface area contributed by atoms with Crippen molar-refractivity contribution in [1.82, 2.24) is 15.0 Å². The molecule has 0 unspecified atom stereocenters. The van der Waals surface area contributed by atoms with Crippen LogP contribution in [-0.2, 0) is 5.41 Å². The lowest BCUT2D eigenvalue weighted by Gasteiger charge is -2.30. The van der Waals surface area contributed by atoms with Crippen molar-refractivity contribution in [2.75, 3.05) is 0 Å². The van der Waals surface area contributed by atoms with Crippen LogP contribution in [0.3, 0.4) is 0 Å². The fourth-order valence-electron chi connectivity index (χ4n) is 12.6. The van der Waals surface area contributed by atoms with Gasteiger partial charge in [0.25, 0.3) is 0 Å². The van der Waals surface area contributed by atoms with Gasteiger partial charge in [-0.25, -0.2) is 15.0 Å². The van der Waals surface area contributed by atoms with Gasteiger partial charge in [0.05, 0.1) is 5.41 Å². The van der Waals surface area contributed by atoms with Crippen molar-refractivity contribution in [3.8, 4) is 89.8 Å². The summed E-state index contributed by atoms with van der Waals surface area (Å²) < 4.78 is 13.1. The van der Waals surface area contributed by atoms with Gasteiger partial charge in [-0.05, 0) is 120 Å². The molecule has 348 valence electrons. The highest BCUT2D eigenvalue weighted by Gasteiger charge is 2.52. The molecule has 0 saturated heterocycles. The maximum atomic E-state index is 6.68. The van der Waals surface area contributed by atoms with E-state index in [0.29, 0.717) is 17.5 Å². The summed E-state index contributed by atoms with van der Waals surface area (Å²) in [6.45, 7) is 0. The van der Waals surface area contributed by atoms with Crippen molar-refractivity contribution in [1.29, 1.82) is 0 Å². The van der Waals surface area contributed by atoms with Gasteiger partial charge in [-0.2, -0.15) is 0 Å². The SMILES string of the molecule is c1ccc(-c2cccc(-c3nc(-c4cccc5oc6ccccc6c45)nc(-c4cccc5oc6ccc(-c7cccc(-c8cccc9c8-c8ccccc8C98c9ccccc9-c9ccccc98)c7)cc6c45)n3)c2)cc1. The third-order valence-corrected chi connectivity index (χ3v) is 15.8. The first-order chi connectivity index (χ1) is 37.2. The van der Waals surface area contributed by atoms with Gasteiger partial charge in [0, 0.05) is 38.2 Å². The number of rotatable bonds is 6. The van der Waals surface area contributed by atoms with Crippen LogP contribution < -0.4 is 0 Å². The molecule has 16 rings (SSSR count). The van der Waals surface area contributed by atoms with Crippen LogP contribution in [-0.4, -0.2) is 15.0 Å². The third kappa shape index (κ3) is 6.10. The molecule has 0 N–H and O–H groups in total. The van der Waals surface area contributed by atoms with E-state index >= 15 is 0 Å². The fourth-order valence-corrected chi connectivity index (χ4v) is 12.6. The van der Waals surface area contributed by atoms with Gasteiger partial charge >= 0.3 is 0 Å². The second-order valence-electron chi connectivity index (χ2n) is 19.7. The minimum Gasteiger partial charge on any atom is -0.456 e. The normalized spacial score (nSPS) is 12.9. The summed E-state index contributed by atoms with van der Waals surface area (Å²) in [6.07, 6.45) is 0. The van der Waals surface area contributed by atoms with Crippen LogP contribution in [0.25, 0.3) is 134 Å². The van der Waals surface area contributed by atoms with Crippen LogP contribution in [0.1, 0.15) is 22.3 Å². The molecular formula is C70H41N3O2. The predicted molar refractivity (Wildman–Crippen MR) is 303 cm³/mol. The van der Waals surface area contributed by atoms with Crippen molar-refractivity contribution in [3.63, 3.8) is 0 Å². The van der Waals surface area contributed by atoms with Crippen LogP contribution in [0, 0.1) is 0 Å². The number of hydrogen-bond acceptors (Lipinski definition) is 5. The molecule has 0 aliphatic heterocycles. The van der Waals surface area contributed by atoms with Crippen LogP contribution >= 0.6 is 0 Å². The Bertz CT molecular complexity index is 4630. The highest BCUT2D eigenvalue weighted by molar-refractivity contribution is 6.14. The van der Waals surface area contributed by atoms with E-state index in [0.717, 1.165) is 88.4 Å². The van der Waals surface area contributed by atoms with E-state index in [1.54, 1.807) is 0 Å². The monoisotopic (exact) mass is 955 g/mol. The van der Waals surface area contributed by atoms with Crippen LogP contribution in [0.4, 0.5) is 0 Å². The molecule has 0 bridgehead atoms. The van der Waals surface area contributed by atoms with E-state index in [4.69, 9.17) is 23.8 Å². The highest BCUT2D eigenvalue weighted by atomic mass is 16.3. The summed E-state index contributed by atoms with van der Waals surface area (Å²) in [5.41, 5.74) is 22.6. The summed E-state index contributed by atoms with van der Waals surface area (Å²) >= 11 is 0. The van der Waals surface area contributed by atoms with Crippen molar-refractivity contribution in [2.45, 2.75) is 5.41 Å². The first kappa shape index (κ1) is 41.6. The van der Waals surface area contributed by atoms with Crippen molar-refractivity contribution in [2.24, 2.45) is 0 Å². The van der Waals surface area contributed by atoms with Crippen molar-refractivity contribution in [3.05, 3.63) is 271 Å². The van der Waals surface area contributed by atoms with E-state index < -0.39 is 5.41 Å². The Morgan fingerprint density at radius 1 is 0.253 bits per heavy atom. The molecule has 14 aromatic rings. The molecule has 0 radical (unpaired) electrons. The number of fused-ring (bicyclic) bond motifs is 16. The number of hydrogen-bond donors (Lipinski definition) is 0. The average Bonchev–Trinajstić information content (AvgIpc) is 4.41. The maximum Gasteiger partial charge on any atom is 0.164 e.